The third kappa shape index (κ3) is 3.26. The number of hydrogen-bond acceptors (Lipinski definition) is 3. The second kappa shape index (κ2) is 5.91. The molecule has 5 heteroatoms. The van der Waals surface area contributed by atoms with Gasteiger partial charge in [-0.25, -0.2) is 4.98 Å². The summed E-state index contributed by atoms with van der Waals surface area (Å²) in [6, 6.07) is 2.94. The van der Waals surface area contributed by atoms with E-state index in [1.165, 1.54) is 18.3 Å². The van der Waals surface area contributed by atoms with Crippen LogP contribution in [0.25, 0.3) is 0 Å². The molecule has 1 heterocycles. The van der Waals surface area contributed by atoms with Crippen molar-refractivity contribution in [1.82, 2.24) is 10.3 Å². The van der Waals surface area contributed by atoms with Crippen LogP contribution in [0.1, 0.15) is 36.0 Å². The van der Waals surface area contributed by atoms with Gasteiger partial charge in [0, 0.05) is 12.7 Å². The third-order valence-electron chi connectivity index (χ3n) is 3.31. The first-order valence-corrected chi connectivity index (χ1v) is 6.23. The molecule has 18 heavy (non-hydrogen) atoms. The Bertz CT molecular complexity index is 425. The van der Waals surface area contributed by atoms with Crippen molar-refractivity contribution in [3.8, 4) is 0 Å². The van der Waals surface area contributed by atoms with Crippen molar-refractivity contribution in [2.75, 3.05) is 6.54 Å². The lowest BCUT2D eigenvalue weighted by Gasteiger charge is -2.25. The summed E-state index contributed by atoms with van der Waals surface area (Å²) >= 11 is 0. The fourth-order valence-electron chi connectivity index (χ4n) is 2.34. The van der Waals surface area contributed by atoms with Gasteiger partial charge in [-0.2, -0.15) is 4.39 Å². The van der Waals surface area contributed by atoms with Crippen molar-refractivity contribution in [2.45, 2.75) is 31.8 Å². The van der Waals surface area contributed by atoms with Crippen LogP contribution in [0.5, 0.6) is 0 Å². The minimum absolute atomic E-state index is 0.0335. The molecule has 0 aromatic carbocycles. The van der Waals surface area contributed by atoms with Crippen LogP contribution in [0.3, 0.4) is 0 Å². The Morgan fingerprint density at radius 2 is 2.39 bits per heavy atom. The number of aliphatic hydroxyl groups is 1. The van der Waals surface area contributed by atoms with Gasteiger partial charge in [0.2, 0.25) is 5.95 Å². The lowest BCUT2D eigenvalue weighted by molar-refractivity contribution is 0.0870. The molecule has 2 atom stereocenters. The Hall–Kier alpha value is -1.49. The average molecular weight is 252 g/mol. The first-order chi connectivity index (χ1) is 8.66. The molecule has 2 unspecified atom stereocenters. The van der Waals surface area contributed by atoms with Gasteiger partial charge >= 0.3 is 0 Å². The van der Waals surface area contributed by atoms with E-state index in [1.807, 2.05) is 0 Å². The normalized spacial score (nSPS) is 23.7. The molecule has 1 amide bonds. The van der Waals surface area contributed by atoms with E-state index in [2.05, 4.69) is 10.3 Å². The third-order valence-corrected chi connectivity index (χ3v) is 3.31. The Labute approximate surface area is 105 Å². The SMILES string of the molecule is O=C(NCC1CCCC(O)C1)c1cccnc1F. The van der Waals surface area contributed by atoms with Gasteiger partial charge in [0.25, 0.3) is 5.91 Å². The number of rotatable bonds is 3. The van der Waals surface area contributed by atoms with E-state index in [9.17, 15) is 14.3 Å². The molecule has 0 spiro atoms. The predicted molar refractivity (Wildman–Crippen MR) is 64.5 cm³/mol. The number of carbonyl (C=O) groups excluding carboxylic acids is 1. The first-order valence-electron chi connectivity index (χ1n) is 6.23. The minimum atomic E-state index is -0.751. The number of hydrogen-bond donors (Lipinski definition) is 2. The summed E-state index contributed by atoms with van der Waals surface area (Å²) in [5, 5.41) is 12.2. The predicted octanol–water partition coefficient (Wildman–Crippen LogP) is 1.50. The topological polar surface area (TPSA) is 62.2 Å². The van der Waals surface area contributed by atoms with E-state index in [0.29, 0.717) is 13.0 Å². The van der Waals surface area contributed by atoms with E-state index < -0.39 is 11.9 Å². The monoisotopic (exact) mass is 252 g/mol. The lowest BCUT2D eigenvalue weighted by atomic mass is 9.87. The highest BCUT2D eigenvalue weighted by Gasteiger charge is 2.21. The second-order valence-corrected chi connectivity index (χ2v) is 4.74. The minimum Gasteiger partial charge on any atom is -0.393 e. The maximum absolute atomic E-state index is 13.3. The number of amides is 1. The van der Waals surface area contributed by atoms with E-state index in [1.54, 1.807) is 0 Å². The molecular weight excluding hydrogens is 235 g/mol. The number of carbonyl (C=O) groups is 1. The fourth-order valence-corrected chi connectivity index (χ4v) is 2.34. The summed E-state index contributed by atoms with van der Waals surface area (Å²) in [7, 11) is 0. The Morgan fingerprint density at radius 3 is 3.11 bits per heavy atom. The summed E-state index contributed by atoms with van der Waals surface area (Å²) in [6.45, 7) is 0.476. The Morgan fingerprint density at radius 1 is 1.56 bits per heavy atom. The molecule has 0 saturated heterocycles. The lowest BCUT2D eigenvalue weighted by Crippen LogP contribution is -2.33. The summed E-state index contributed by atoms with van der Waals surface area (Å²) in [6.07, 6.45) is 4.55. The molecule has 98 valence electrons. The molecular formula is C13H17FN2O2. The molecule has 2 N–H and O–H groups in total. The van der Waals surface area contributed by atoms with Crippen LogP contribution < -0.4 is 5.32 Å². The van der Waals surface area contributed by atoms with Gasteiger partial charge in [0.05, 0.1) is 11.7 Å². The summed E-state index contributed by atoms with van der Waals surface area (Å²) in [5.74, 6) is -0.920. The highest BCUT2D eigenvalue weighted by Crippen LogP contribution is 2.23. The van der Waals surface area contributed by atoms with Crippen LogP contribution in [0.2, 0.25) is 0 Å². The van der Waals surface area contributed by atoms with Crippen LogP contribution in [0.4, 0.5) is 4.39 Å². The summed E-state index contributed by atoms with van der Waals surface area (Å²) in [4.78, 5) is 15.2. The molecule has 1 aromatic rings. The zero-order chi connectivity index (χ0) is 13.0. The van der Waals surface area contributed by atoms with Gasteiger partial charge in [0.1, 0.15) is 0 Å². The zero-order valence-electron chi connectivity index (χ0n) is 10.1. The molecule has 4 nitrogen and oxygen atoms in total. The number of aromatic nitrogens is 1. The Balaban J connectivity index is 1.87. The van der Waals surface area contributed by atoms with Crippen molar-refractivity contribution >= 4 is 5.91 Å². The van der Waals surface area contributed by atoms with Crippen molar-refractivity contribution in [3.63, 3.8) is 0 Å². The number of aliphatic hydroxyl groups excluding tert-OH is 1. The maximum atomic E-state index is 13.3. The first kappa shape index (κ1) is 13.0. The van der Waals surface area contributed by atoms with Crippen LogP contribution >= 0.6 is 0 Å². The summed E-state index contributed by atoms with van der Waals surface area (Å²) in [5.41, 5.74) is -0.0335. The number of halogens is 1. The van der Waals surface area contributed by atoms with Crippen LogP contribution in [0.15, 0.2) is 18.3 Å². The quantitative estimate of drug-likeness (QED) is 0.801. The largest absolute Gasteiger partial charge is 0.393 e. The van der Waals surface area contributed by atoms with E-state index in [4.69, 9.17) is 0 Å². The molecule has 0 radical (unpaired) electrons. The van der Waals surface area contributed by atoms with Gasteiger partial charge in [-0.3, -0.25) is 4.79 Å². The second-order valence-electron chi connectivity index (χ2n) is 4.74. The van der Waals surface area contributed by atoms with E-state index in [-0.39, 0.29) is 17.6 Å². The van der Waals surface area contributed by atoms with Gasteiger partial charge in [-0.15, -0.1) is 0 Å². The smallest absolute Gasteiger partial charge is 0.255 e. The molecule has 0 aliphatic heterocycles. The zero-order valence-corrected chi connectivity index (χ0v) is 10.1. The van der Waals surface area contributed by atoms with Crippen molar-refractivity contribution in [1.29, 1.82) is 0 Å². The maximum Gasteiger partial charge on any atom is 0.255 e. The highest BCUT2D eigenvalue weighted by atomic mass is 19.1. The van der Waals surface area contributed by atoms with Gasteiger partial charge in [-0.1, -0.05) is 6.42 Å². The standard InChI is InChI=1S/C13H17FN2O2/c14-12-11(5-2-6-15-12)13(18)16-8-9-3-1-4-10(17)7-9/h2,5-6,9-10,17H,1,3-4,7-8H2,(H,16,18). The highest BCUT2D eigenvalue weighted by molar-refractivity contribution is 5.94. The molecule has 1 aliphatic rings. The number of nitrogens with zero attached hydrogens (tertiary/aromatic N) is 1. The number of nitrogens with one attached hydrogen (secondary N) is 1. The number of pyridine rings is 1. The van der Waals surface area contributed by atoms with Crippen LogP contribution in [-0.2, 0) is 0 Å². The van der Waals surface area contributed by atoms with Gasteiger partial charge in [0.15, 0.2) is 0 Å². The van der Waals surface area contributed by atoms with E-state index >= 15 is 0 Å². The Kier molecular flexibility index (Phi) is 4.25. The molecule has 1 aliphatic carbocycles. The average Bonchev–Trinajstić information content (AvgIpc) is 2.37. The van der Waals surface area contributed by atoms with Gasteiger partial charge in [-0.05, 0) is 37.3 Å². The van der Waals surface area contributed by atoms with Crippen molar-refractivity contribution < 1.29 is 14.3 Å². The van der Waals surface area contributed by atoms with E-state index in [0.717, 1.165) is 19.3 Å². The van der Waals surface area contributed by atoms with Gasteiger partial charge < -0.3 is 10.4 Å². The summed E-state index contributed by atoms with van der Waals surface area (Å²) < 4.78 is 13.3. The fraction of sp³-hybridized carbons (Fsp3) is 0.538. The molecule has 2 rings (SSSR count). The van der Waals surface area contributed by atoms with Crippen LogP contribution in [-0.4, -0.2) is 28.6 Å². The van der Waals surface area contributed by atoms with Crippen molar-refractivity contribution in [3.05, 3.63) is 29.8 Å². The molecule has 1 fully saturated rings. The molecule has 1 aromatic heterocycles. The van der Waals surface area contributed by atoms with Crippen molar-refractivity contribution in [2.24, 2.45) is 5.92 Å². The molecule has 1 saturated carbocycles. The molecule has 0 bridgehead atoms. The van der Waals surface area contributed by atoms with Crippen LogP contribution in [0, 0.1) is 11.9 Å².